The predicted octanol–water partition coefficient (Wildman–Crippen LogP) is 0.00720. The molecule has 9 rings (SSSR count). The van der Waals surface area contributed by atoms with E-state index in [1.54, 1.807) is 7.11 Å². The van der Waals surface area contributed by atoms with Gasteiger partial charge in [-0.1, -0.05) is 12.1 Å². The fraction of sp³-hybridized carbons (Fsp3) is 0.605. The molecule has 0 bridgehead atoms. The van der Waals surface area contributed by atoms with E-state index in [2.05, 4.69) is 10.2 Å². The molecule has 17 heteroatoms. The van der Waals surface area contributed by atoms with Gasteiger partial charge >= 0.3 is 0 Å². The fourth-order valence-electron chi connectivity index (χ4n) is 9.71. The number of rotatable bonds is 7. The van der Waals surface area contributed by atoms with Gasteiger partial charge in [0.05, 0.1) is 68.0 Å². The van der Waals surface area contributed by atoms with Crippen LogP contribution in [-0.2, 0) is 44.4 Å². The average molecular weight is 768 g/mol. The first kappa shape index (κ1) is 36.9. The van der Waals surface area contributed by atoms with Crippen molar-refractivity contribution >= 4 is 17.5 Å². The Morgan fingerprint density at radius 3 is 2.56 bits per heavy atom. The van der Waals surface area contributed by atoms with E-state index in [1.807, 2.05) is 6.92 Å². The molecule has 0 radical (unpaired) electrons. The first-order valence-corrected chi connectivity index (χ1v) is 18.7. The summed E-state index contributed by atoms with van der Waals surface area (Å²) in [5.74, 6) is -3.44. The maximum atomic E-state index is 14.2. The van der Waals surface area contributed by atoms with Crippen molar-refractivity contribution in [2.75, 3.05) is 47.1 Å². The molecule has 12 atom stereocenters. The van der Waals surface area contributed by atoms with Crippen molar-refractivity contribution in [3.8, 4) is 17.2 Å². The number of morpholine rings is 1. The van der Waals surface area contributed by atoms with E-state index < -0.39 is 102 Å². The van der Waals surface area contributed by atoms with Crippen molar-refractivity contribution in [1.29, 1.82) is 0 Å². The molecule has 0 saturated carbocycles. The lowest BCUT2D eigenvalue weighted by Crippen LogP contribution is -2.57. The molecule has 5 saturated heterocycles. The monoisotopic (exact) mass is 767 g/mol. The van der Waals surface area contributed by atoms with Gasteiger partial charge in [0.15, 0.2) is 24.6 Å². The fourth-order valence-corrected chi connectivity index (χ4v) is 9.71. The smallest absolute Gasteiger partial charge is 0.252 e. The van der Waals surface area contributed by atoms with E-state index in [4.69, 9.17) is 43.6 Å². The number of nitrogens with one attached hydrogen (secondary N) is 1. The third kappa shape index (κ3) is 5.62. The van der Waals surface area contributed by atoms with Crippen molar-refractivity contribution in [2.45, 2.75) is 93.2 Å². The summed E-state index contributed by atoms with van der Waals surface area (Å²) in [4.78, 5) is 44.5. The number of aliphatic hydroxyl groups is 1. The number of hydrogen-bond donors (Lipinski definition) is 5. The maximum absolute atomic E-state index is 14.2. The first-order valence-electron chi connectivity index (χ1n) is 18.7. The summed E-state index contributed by atoms with van der Waals surface area (Å²) in [5.41, 5.74) is 2.57. The van der Waals surface area contributed by atoms with Crippen molar-refractivity contribution in [1.82, 2.24) is 10.2 Å². The number of hydrogen-bond acceptors (Lipinski definition) is 16. The normalized spacial score (nSPS) is 37.7. The molecular weight excluding hydrogens is 722 g/mol. The maximum Gasteiger partial charge on any atom is 0.252 e. The zero-order chi connectivity index (χ0) is 38.5. The number of ketones is 2. The Balaban J connectivity index is 1.08. The van der Waals surface area contributed by atoms with Crippen molar-refractivity contribution in [3.05, 3.63) is 51.6 Å². The lowest BCUT2D eigenvalue weighted by Gasteiger charge is -2.43. The minimum atomic E-state index is -2.23. The van der Waals surface area contributed by atoms with Crippen LogP contribution in [0.1, 0.15) is 68.8 Å². The highest BCUT2D eigenvalue weighted by molar-refractivity contribution is 6.31. The number of carbonyl (C=O) groups is 3. The highest BCUT2D eigenvalue weighted by Crippen LogP contribution is 2.53. The van der Waals surface area contributed by atoms with Crippen LogP contribution in [0, 0.1) is 5.92 Å². The van der Waals surface area contributed by atoms with Gasteiger partial charge in [-0.05, 0) is 19.5 Å². The molecule has 55 heavy (non-hydrogen) atoms. The Kier molecular flexibility index (Phi) is 9.20. The van der Waals surface area contributed by atoms with E-state index in [0.29, 0.717) is 32.7 Å². The van der Waals surface area contributed by atoms with Gasteiger partial charge in [-0.3, -0.25) is 19.3 Å². The molecule has 5 aliphatic heterocycles. The molecule has 5 fully saturated rings. The number of aromatic hydroxyl groups is 2. The predicted molar refractivity (Wildman–Crippen MR) is 186 cm³/mol. The van der Waals surface area contributed by atoms with Gasteiger partial charge in [-0.2, -0.15) is 0 Å². The van der Waals surface area contributed by atoms with Gasteiger partial charge in [-0.25, -0.2) is 0 Å². The molecule has 7 aliphatic rings. The van der Waals surface area contributed by atoms with Crippen LogP contribution in [0.25, 0.3) is 0 Å². The van der Waals surface area contributed by atoms with E-state index >= 15 is 0 Å². The summed E-state index contributed by atoms with van der Waals surface area (Å²) in [5, 5.41) is 39.2. The Bertz CT molecular complexity index is 1930. The van der Waals surface area contributed by atoms with Gasteiger partial charge in [0.2, 0.25) is 5.78 Å². The number of nitrogens with two attached hydrogens (primary N) is 1. The summed E-state index contributed by atoms with van der Waals surface area (Å²) < 4.78 is 47.8. The lowest BCUT2D eigenvalue weighted by atomic mass is 9.72. The standard InChI is InChI=1S/C38H45N3O14/c1-15-32-20(41-7-8-50-36(49-3)35(41)55-32)9-23(53-15)54-22-11-38(47,37(46)40-19-14-52-33-16(12-39)13-51-34(19)33)10-18-25(22)31(45)27-26(29(18)43)28(42)17-5-4-6-21(48-2)24(17)30(27)44/h4-6,15-16,19-20,22-23,32-36,43,45,47H,7-14,39H2,1-3H3,(H,40,46)/t15-,16-,19-,20-,22-,23-,32+,33+,34+,35+,36-,38-/m0/s1. The number of ether oxygens (including phenoxy) is 8. The van der Waals surface area contributed by atoms with Crippen molar-refractivity contribution in [3.63, 3.8) is 0 Å². The van der Waals surface area contributed by atoms with Gasteiger partial charge in [0.1, 0.15) is 35.1 Å². The van der Waals surface area contributed by atoms with E-state index in [-0.39, 0.29) is 58.8 Å². The second kappa shape index (κ2) is 13.7. The van der Waals surface area contributed by atoms with Crippen LogP contribution in [-0.4, -0.2) is 146 Å². The Morgan fingerprint density at radius 1 is 1.02 bits per heavy atom. The highest BCUT2D eigenvalue weighted by atomic mass is 16.7. The molecule has 17 nitrogen and oxygen atoms in total. The summed E-state index contributed by atoms with van der Waals surface area (Å²) in [7, 11) is 2.90. The summed E-state index contributed by atoms with van der Waals surface area (Å²) in [6.07, 6.45) is -5.58. The lowest BCUT2D eigenvalue weighted by molar-refractivity contribution is -0.256. The van der Waals surface area contributed by atoms with Crippen molar-refractivity contribution in [2.24, 2.45) is 11.7 Å². The average Bonchev–Trinajstić information content (AvgIpc) is 3.89. The molecule has 2 aromatic rings. The van der Waals surface area contributed by atoms with Crippen LogP contribution in [0.4, 0.5) is 0 Å². The van der Waals surface area contributed by atoms with Crippen LogP contribution in [0.2, 0.25) is 0 Å². The second-order valence-corrected chi connectivity index (χ2v) is 15.4. The molecule has 0 aromatic heterocycles. The molecule has 296 valence electrons. The van der Waals surface area contributed by atoms with Crippen LogP contribution < -0.4 is 15.8 Å². The highest BCUT2D eigenvalue weighted by Gasteiger charge is 2.56. The molecule has 6 N–H and O–H groups in total. The molecule has 0 unspecified atom stereocenters. The SMILES string of the molecule is COc1cccc2c1C(=O)c1c(O)c3c(c(O)c1C2=O)C[C@@](O)(C(=O)N[C@H]1CO[C@@H]2[C@@H](CN)CO[C@@H]21)C[C@@H]3O[C@H]1C[C@H]2[C@H](O[C@@H]3[C@@H](OC)OCCN32)[C@H](C)O1. The molecule has 5 heterocycles. The Morgan fingerprint density at radius 2 is 1.80 bits per heavy atom. The van der Waals surface area contributed by atoms with E-state index in [1.165, 1.54) is 25.3 Å². The van der Waals surface area contributed by atoms with Gasteiger partial charge < -0.3 is 64.3 Å². The van der Waals surface area contributed by atoms with Gasteiger partial charge in [-0.15, -0.1) is 0 Å². The summed E-state index contributed by atoms with van der Waals surface area (Å²) >= 11 is 0. The Hall–Kier alpha value is -3.75. The third-order valence-electron chi connectivity index (χ3n) is 12.4. The molecule has 2 aliphatic carbocycles. The number of benzene rings is 2. The minimum Gasteiger partial charge on any atom is -0.507 e. The van der Waals surface area contributed by atoms with Gasteiger partial charge in [0, 0.05) is 61.6 Å². The molecular formula is C38H45N3O14. The number of methoxy groups -OCH3 is 2. The number of fused-ring (bicyclic) bond motifs is 7. The number of phenols is 2. The number of phenolic OH excluding ortho intramolecular Hbond substituents is 2. The van der Waals surface area contributed by atoms with Crippen LogP contribution >= 0.6 is 0 Å². The second-order valence-electron chi connectivity index (χ2n) is 15.4. The molecule has 2 aromatic carbocycles. The number of carbonyl (C=O) groups excluding carboxylic acids is 3. The zero-order valence-electron chi connectivity index (χ0n) is 30.6. The largest absolute Gasteiger partial charge is 0.507 e. The topological polar surface area (TPSA) is 227 Å². The number of amides is 1. The van der Waals surface area contributed by atoms with Crippen molar-refractivity contribution < 1.29 is 67.6 Å². The third-order valence-corrected chi connectivity index (χ3v) is 12.4. The van der Waals surface area contributed by atoms with Crippen LogP contribution in [0.3, 0.4) is 0 Å². The van der Waals surface area contributed by atoms with Crippen LogP contribution in [0.15, 0.2) is 18.2 Å². The summed E-state index contributed by atoms with van der Waals surface area (Å²) in [6.45, 7) is 3.69. The minimum absolute atomic E-state index is 0.0266. The molecule has 0 spiro atoms. The molecule has 1 amide bonds. The number of nitrogens with zero attached hydrogens (tertiary/aromatic N) is 1. The van der Waals surface area contributed by atoms with E-state index in [0.717, 1.165) is 0 Å². The quantitative estimate of drug-likeness (QED) is 0.200. The first-order chi connectivity index (χ1) is 26.5. The van der Waals surface area contributed by atoms with Crippen LogP contribution in [0.5, 0.6) is 17.2 Å². The summed E-state index contributed by atoms with van der Waals surface area (Å²) in [6, 6.07) is 3.71. The zero-order valence-corrected chi connectivity index (χ0v) is 30.6. The van der Waals surface area contributed by atoms with E-state index in [9.17, 15) is 29.7 Å². The Labute approximate surface area is 315 Å². The van der Waals surface area contributed by atoms with Gasteiger partial charge in [0.25, 0.3) is 5.91 Å².